The van der Waals surface area contributed by atoms with Gasteiger partial charge >= 0.3 is 5.97 Å². The van der Waals surface area contributed by atoms with Crippen LogP contribution in [-0.2, 0) is 16.0 Å². The molecule has 1 atom stereocenters. The van der Waals surface area contributed by atoms with Crippen molar-refractivity contribution in [1.29, 1.82) is 0 Å². The summed E-state index contributed by atoms with van der Waals surface area (Å²) in [6, 6.07) is 4.93. The van der Waals surface area contributed by atoms with Gasteiger partial charge in [0.2, 0.25) is 0 Å². The molecule has 0 heterocycles. The lowest BCUT2D eigenvalue weighted by Crippen LogP contribution is -2.43. The molecule has 0 spiro atoms. The summed E-state index contributed by atoms with van der Waals surface area (Å²) in [5.74, 6) is -0.443. The van der Waals surface area contributed by atoms with Crippen LogP contribution in [0, 0.1) is 17.2 Å². The first-order valence-corrected chi connectivity index (χ1v) is 6.69. The molecule has 1 saturated carbocycles. The quantitative estimate of drug-likeness (QED) is 0.809. The second-order valence-electron chi connectivity index (χ2n) is 5.24. The van der Waals surface area contributed by atoms with Crippen LogP contribution in [0.3, 0.4) is 0 Å². The van der Waals surface area contributed by atoms with Crippen molar-refractivity contribution in [3.05, 3.63) is 29.6 Å². The molecule has 1 aromatic carbocycles. The normalized spacial score (nSPS) is 17.4. The van der Waals surface area contributed by atoms with Gasteiger partial charge in [0.25, 0.3) is 0 Å². The van der Waals surface area contributed by atoms with Crippen molar-refractivity contribution in [2.24, 2.45) is 17.1 Å². The van der Waals surface area contributed by atoms with Crippen LogP contribution >= 0.6 is 0 Å². The Morgan fingerprint density at radius 2 is 2.15 bits per heavy atom. The molecule has 2 rings (SSSR count). The van der Waals surface area contributed by atoms with Gasteiger partial charge in [-0.3, -0.25) is 4.79 Å². The SMILES string of the molecule is COC(=O)C(CN)(Cc1cccc(OC)c1F)C1CC1. The first-order chi connectivity index (χ1) is 9.58. The maximum atomic E-state index is 14.3. The first-order valence-electron chi connectivity index (χ1n) is 6.69. The Kier molecular flexibility index (Phi) is 4.28. The van der Waals surface area contributed by atoms with E-state index in [0.717, 1.165) is 12.8 Å². The smallest absolute Gasteiger partial charge is 0.313 e. The van der Waals surface area contributed by atoms with E-state index in [4.69, 9.17) is 15.2 Å². The first kappa shape index (κ1) is 14.8. The molecule has 1 aliphatic rings. The molecular formula is C15H20FNO3. The highest BCUT2D eigenvalue weighted by molar-refractivity contribution is 5.78. The van der Waals surface area contributed by atoms with Crippen molar-refractivity contribution in [2.45, 2.75) is 19.3 Å². The molecule has 0 bridgehead atoms. The van der Waals surface area contributed by atoms with Crippen LogP contribution in [0.1, 0.15) is 18.4 Å². The topological polar surface area (TPSA) is 61.5 Å². The van der Waals surface area contributed by atoms with Crippen molar-refractivity contribution in [1.82, 2.24) is 0 Å². The summed E-state index contributed by atoms with van der Waals surface area (Å²) in [5, 5.41) is 0. The van der Waals surface area contributed by atoms with E-state index in [0.29, 0.717) is 5.56 Å². The predicted octanol–water partition coefficient (Wildman–Crippen LogP) is 1.90. The molecule has 0 radical (unpaired) electrons. The highest BCUT2D eigenvalue weighted by Crippen LogP contribution is 2.48. The lowest BCUT2D eigenvalue weighted by molar-refractivity contribution is -0.153. The summed E-state index contributed by atoms with van der Waals surface area (Å²) in [6.45, 7) is 0.154. The second kappa shape index (κ2) is 5.79. The van der Waals surface area contributed by atoms with Crippen molar-refractivity contribution >= 4 is 5.97 Å². The molecule has 0 amide bonds. The maximum absolute atomic E-state index is 14.3. The van der Waals surface area contributed by atoms with E-state index in [1.807, 2.05) is 0 Å². The minimum absolute atomic E-state index is 0.154. The third-order valence-corrected chi connectivity index (χ3v) is 4.08. The van der Waals surface area contributed by atoms with Gasteiger partial charge in [0, 0.05) is 6.54 Å². The van der Waals surface area contributed by atoms with Gasteiger partial charge in [-0.1, -0.05) is 12.1 Å². The molecule has 1 aliphatic carbocycles. The molecule has 1 unspecified atom stereocenters. The van der Waals surface area contributed by atoms with Gasteiger partial charge in [-0.15, -0.1) is 0 Å². The van der Waals surface area contributed by atoms with Crippen LogP contribution in [0.5, 0.6) is 5.75 Å². The fraction of sp³-hybridized carbons (Fsp3) is 0.533. The van der Waals surface area contributed by atoms with Crippen LogP contribution in [0.25, 0.3) is 0 Å². The maximum Gasteiger partial charge on any atom is 0.313 e. The third kappa shape index (κ3) is 2.50. The van der Waals surface area contributed by atoms with Crippen molar-refractivity contribution in [3.8, 4) is 5.75 Å². The zero-order valence-electron chi connectivity index (χ0n) is 11.8. The number of halogens is 1. The average molecular weight is 281 g/mol. The lowest BCUT2D eigenvalue weighted by Gasteiger charge is -2.30. The second-order valence-corrected chi connectivity index (χ2v) is 5.24. The standard InChI is InChI=1S/C15H20FNO3/c1-19-12-5-3-4-10(13(12)16)8-15(9-17,11-6-7-11)14(18)20-2/h3-5,11H,6-9,17H2,1-2H3. The molecule has 110 valence electrons. The molecule has 4 nitrogen and oxygen atoms in total. The van der Waals surface area contributed by atoms with Crippen LogP contribution in [-0.4, -0.2) is 26.7 Å². The zero-order chi connectivity index (χ0) is 14.8. The monoisotopic (exact) mass is 281 g/mol. The summed E-state index contributed by atoms with van der Waals surface area (Å²) < 4.78 is 24.2. The number of benzene rings is 1. The minimum Gasteiger partial charge on any atom is -0.494 e. The Morgan fingerprint density at radius 3 is 2.65 bits per heavy atom. The summed E-state index contributed by atoms with van der Waals surface area (Å²) in [7, 11) is 2.76. The fourth-order valence-electron chi connectivity index (χ4n) is 2.73. The molecule has 5 heteroatoms. The summed E-state index contributed by atoms with van der Waals surface area (Å²) >= 11 is 0. The lowest BCUT2D eigenvalue weighted by atomic mass is 9.77. The molecule has 0 aliphatic heterocycles. The van der Waals surface area contributed by atoms with Gasteiger partial charge in [0.15, 0.2) is 11.6 Å². The van der Waals surface area contributed by atoms with Gasteiger partial charge in [0.1, 0.15) is 0 Å². The van der Waals surface area contributed by atoms with Gasteiger partial charge < -0.3 is 15.2 Å². The van der Waals surface area contributed by atoms with Gasteiger partial charge in [-0.25, -0.2) is 4.39 Å². The van der Waals surface area contributed by atoms with E-state index >= 15 is 0 Å². The Morgan fingerprint density at radius 1 is 1.45 bits per heavy atom. The van der Waals surface area contributed by atoms with Crippen LogP contribution < -0.4 is 10.5 Å². The van der Waals surface area contributed by atoms with E-state index in [-0.39, 0.29) is 30.6 Å². The van der Waals surface area contributed by atoms with E-state index in [1.165, 1.54) is 14.2 Å². The Bertz CT molecular complexity index is 502. The molecule has 1 fully saturated rings. The summed E-state index contributed by atoms with van der Waals surface area (Å²) in [6.07, 6.45) is 2.10. The van der Waals surface area contributed by atoms with Crippen molar-refractivity contribution < 1.29 is 18.7 Å². The molecule has 20 heavy (non-hydrogen) atoms. The highest BCUT2D eigenvalue weighted by atomic mass is 19.1. The number of ether oxygens (including phenoxy) is 2. The van der Waals surface area contributed by atoms with Gasteiger partial charge in [-0.05, 0) is 36.8 Å². The van der Waals surface area contributed by atoms with Gasteiger partial charge in [-0.2, -0.15) is 0 Å². The summed E-state index contributed by atoms with van der Waals surface area (Å²) in [5.41, 5.74) is 5.44. The number of nitrogens with two attached hydrogens (primary N) is 1. The molecule has 2 N–H and O–H groups in total. The number of methoxy groups -OCH3 is 2. The highest BCUT2D eigenvalue weighted by Gasteiger charge is 2.51. The number of hydrogen-bond acceptors (Lipinski definition) is 4. The van der Waals surface area contributed by atoms with Crippen LogP contribution in [0.2, 0.25) is 0 Å². The Balaban J connectivity index is 2.35. The number of carbonyl (C=O) groups excluding carboxylic acids is 1. The number of rotatable bonds is 6. The number of carbonyl (C=O) groups is 1. The largest absolute Gasteiger partial charge is 0.494 e. The molecule has 1 aromatic rings. The molecular weight excluding hydrogens is 261 g/mol. The minimum atomic E-state index is -0.831. The fourth-order valence-corrected chi connectivity index (χ4v) is 2.73. The van der Waals surface area contributed by atoms with E-state index in [1.54, 1.807) is 18.2 Å². The van der Waals surface area contributed by atoms with Gasteiger partial charge in [0.05, 0.1) is 19.6 Å². The van der Waals surface area contributed by atoms with Crippen LogP contribution in [0.4, 0.5) is 4.39 Å². The zero-order valence-corrected chi connectivity index (χ0v) is 11.8. The van der Waals surface area contributed by atoms with E-state index in [9.17, 15) is 9.18 Å². The van der Waals surface area contributed by atoms with Crippen molar-refractivity contribution in [2.75, 3.05) is 20.8 Å². The van der Waals surface area contributed by atoms with E-state index < -0.39 is 11.2 Å². The number of hydrogen-bond donors (Lipinski definition) is 1. The number of esters is 1. The Hall–Kier alpha value is -1.62. The van der Waals surface area contributed by atoms with E-state index in [2.05, 4.69) is 0 Å². The Labute approximate surface area is 118 Å². The predicted molar refractivity (Wildman–Crippen MR) is 72.9 cm³/mol. The van der Waals surface area contributed by atoms with Crippen molar-refractivity contribution in [3.63, 3.8) is 0 Å². The third-order valence-electron chi connectivity index (χ3n) is 4.08. The summed E-state index contributed by atoms with van der Waals surface area (Å²) in [4.78, 5) is 12.2. The average Bonchev–Trinajstić information content (AvgIpc) is 3.30. The molecule has 0 aromatic heterocycles. The molecule has 0 saturated heterocycles. The van der Waals surface area contributed by atoms with Crippen LogP contribution in [0.15, 0.2) is 18.2 Å².